The molecule has 0 aromatic heterocycles. The first-order valence-electron chi connectivity index (χ1n) is 8.24. The SMILES string of the molecule is C[C@H]1C[C@H](C)CN(CCCNS(=O)(=O)c2cccc([N+](=O)[O-])c2)C1. The van der Waals surface area contributed by atoms with Crippen LogP contribution in [0.2, 0.25) is 0 Å². The molecule has 1 aromatic carbocycles. The van der Waals surface area contributed by atoms with Crippen molar-refractivity contribution in [2.24, 2.45) is 11.8 Å². The number of rotatable bonds is 7. The van der Waals surface area contributed by atoms with Crippen molar-refractivity contribution in [2.45, 2.75) is 31.6 Å². The molecule has 0 unspecified atom stereocenters. The molecule has 2 atom stereocenters. The van der Waals surface area contributed by atoms with Gasteiger partial charge in [0.2, 0.25) is 10.0 Å². The third-order valence-electron chi connectivity index (χ3n) is 4.23. The highest BCUT2D eigenvalue weighted by atomic mass is 32.2. The quantitative estimate of drug-likeness (QED) is 0.460. The Morgan fingerprint density at radius 1 is 1.29 bits per heavy atom. The van der Waals surface area contributed by atoms with Gasteiger partial charge in [0.25, 0.3) is 5.69 Å². The monoisotopic (exact) mass is 355 g/mol. The summed E-state index contributed by atoms with van der Waals surface area (Å²) in [6, 6.07) is 5.10. The Kier molecular flexibility index (Phi) is 6.31. The van der Waals surface area contributed by atoms with E-state index in [1.807, 2.05) is 0 Å². The van der Waals surface area contributed by atoms with E-state index >= 15 is 0 Å². The van der Waals surface area contributed by atoms with Gasteiger partial charge in [0.1, 0.15) is 0 Å². The Morgan fingerprint density at radius 3 is 2.58 bits per heavy atom. The number of likely N-dealkylation sites (tertiary alicyclic amines) is 1. The summed E-state index contributed by atoms with van der Waals surface area (Å²) in [5.41, 5.74) is -0.228. The predicted molar refractivity (Wildman–Crippen MR) is 92.3 cm³/mol. The molecule has 1 aliphatic heterocycles. The molecule has 1 fully saturated rings. The maximum absolute atomic E-state index is 12.2. The van der Waals surface area contributed by atoms with Crippen LogP contribution in [0, 0.1) is 22.0 Å². The molecule has 0 saturated carbocycles. The summed E-state index contributed by atoms with van der Waals surface area (Å²) < 4.78 is 27.0. The van der Waals surface area contributed by atoms with E-state index in [0.717, 1.165) is 25.7 Å². The summed E-state index contributed by atoms with van der Waals surface area (Å²) in [5, 5.41) is 10.8. The minimum absolute atomic E-state index is 0.0723. The topological polar surface area (TPSA) is 92.6 Å². The molecule has 1 heterocycles. The number of hydrogen-bond donors (Lipinski definition) is 1. The first-order valence-corrected chi connectivity index (χ1v) is 9.72. The molecular weight excluding hydrogens is 330 g/mol. The number of nitrogens with one attached hydrogen (secondary N) is 1. The number of benzene rings is 1. The van der Waals surface area contributed by atoms with Crippen molar-refractivity contribution in [2.75, 3.05) is 26.2 Å². The predicted octanol–water partition coefficient (Wildman–Crippen LogP) is 2.24. The Morgan fingerprint density at radius 2 is 1.96 bits per heavy atom. The van der Waals surface area contributed by atoms with Crippen molar-refractivity contribution in [3.8, 4) is 0 Å². The number of hydrogen-bond acceptors (Lipinski definition) is 5. The highest BCUT2D eigenvalue weighted by molar-refractivity contribution is 7.89. The maximum Gasteiger partial charge on any atom is 0.270 e. The van der Waals surface area contributed by atoms with Crippen LogP contribution in [0.1, 0.15) is 26.7 Å². The van der Waals surface area contributed by atoms with E-state index in [2.05, 4.69) is 23.5 Å². The summed E-state index contributed by atoms with van der Waals surface area (Å²) in [6.45, 7) is 7.78. The lowest BCUT2D eigenvalue weighted by Gasteiger charge is -2.34. The number of nitrogens with zero attached hydrogens (tertiary/aromatic N) is 2. The molecular formula is C16H25N3O4S. The molecule has 7 nitrogen and oxygen atoms in total. The van der Waals surface area contributed by atoms with Crippen LogP contribution in [0.5, 0.6) is 0 Å². The van der Waals surface area contributed by atoms with Crippen LogP contribution >= 0.6 is 0 Å². The number of piperidine rings is 1. The van der Waals surface area contributed by atoms with Gasteiger partial charge in [-0.15, -0.1) is 0 Å². The lowest BCUT2D eigenvalue weighted by molar-refractivity contribution is -0.385. The van der Waals surface area contributed by atoms with Gasteiger partial charge in [-0.1, -0.05) is 19.9 Å². The molecule has 1 aliphatic rings. The van der Waals surface area contributed by atoms with Crippen molar-refractivity contribution >= 4 is 15.7 Å². The Hall–Kier alpha value is -1.51. The van der Waals surface area contributed by atoms with Crippen LogP contribution < -0.4 is 4.72 Å². The minimum Gasteiger partial charge on any atom is -0.303 e. The molecule has 0 radical (unpaired) electrons. The second-order valence-electron chi connectivity index (χ2n) is 6.71. The molecule has 0 amide bonds. The summed E-state index contributed by atoms with van der Waals surface area (Å²) in [7, 11) is -3.71. The van der Waals surface area contributed by atoms with Gasteiger partial charge < -0.3 is 4.90 Å². The molecule has 0 bridgehead atoms. The number of nitro benzene ring substituents is 1. The first-order chi connectivity index (χ1) is 11.3. The van der Waals surface area contributed by atoms with Crippen molar-refractivity contribution < 1.29 is 13.3 Å². The molecule has 2 rings (SSSR count). The third kappa shape index (κ3) is 5.25. The molecule has 1 N–H and O–H groups in total. The van der Waals surface area contributed by atoms with Gasteiger partial charge in [0, 0.05) is 31.8 Å². The van der Waals surface area contributed by atoms with E-state index < -0.39 is 14.9 Å². The van der Waals surface area contributed by atoms with Crippen LogP contribution in [0.25, 0.3) is 0 Å². The summed E-state index contributed by atoms with van der Waals surface area (Å²) >= 11 is 0. The van der Waals surface area contributed by atoms with E-state index in [1.165, 1.54) is 24.6 Å². The average molecular weight is 355 g/mol. The molecule has 0 aliphatic carbocycles. The van der Waals surface area contributed by atoms with E-state index in [9.17, 15) is 18.5 Å². The zero-order chi connectivity index (χ0) is 17.7. The molecule has 134 valence electrons. The van der Waals surface area contributed by atoms with Crippen LogP contribution in [0.4, 0.5) is 5.69 Å². The zero-order valence-corrected chi connectivity index (χ0v) is 15.0. The van der Waals surface area contributed by atoms with E-state index in [1.54, 1.807) is 0 Å². The van der Waals surface area contributed by atoms with Gasteiger partial charge >= 0.3 is 0 Å². The summed E-state index contributed by atoms with van der Waals surface area (Å²) in [5.74, 6) is 1.35. The molecule has 1 saturated heterocycles. The molecule has 8 heteroatoms. The van der Waals surface area contributed by atoms with E-state index in [-0.39, 0.29) is 10.6 Å². The number of nitro groups is 1. The molecule has 1 aromatic rings. The van der Waals surface area contributed by atoms with Crippen LogP contribution in [0.15, 0.2) is 29.2 Å². The van der Waals surface area contributed by atoms with Gasteiger partial charge in [0.05, 0.1) is 9.82 Å². The second kappa shape index (κ2) is 8.04. The van der Waals surface area contributed by atoms with Gasteiger partial charge in [-0.2, -0.15) is 0 Å². The van der Waals surface area contributed by atoms with Crippen LogP contribution in [-0.4, -0.2) is 44.4 Å². The van der Waals surface area contributed by atoms with Gasteiger partial charge in [-0.25, -0.2) is 13.1 Å². The number of sulfonamides is 1. The van der Waals surface area contributed by atoms with Gasteiger partial charge in [0.15, 0.2) is 0 Å². The van der Waals surface area contributed by atoms with Crippen molar-refractivity contribution in [3.05, 3.63) is 34.4 Å². The standard InChI is InChI=1S/C16H25N3O4S/c1-13-9-14(2)12-18(11-13)8-4-7-17-24(22,23)16-6-3-5-15(10-16)19(20)21/h3,5-6,10,13-14,17H,4,7-9,11-12H2,1-2H3/t13-,14-/m0/s1. The first kappa shape index (κ1) is 18.8. The highest BCUT2D eigenvalue weighted by Crippen LogP contribution is 2.21. The Labute approximate surface area is 143 Å². The largest absolute Gasteiger partial charge is 0.303 e. The summed E-state index contributed by atoms with van der Waals surface area (Å²) in [6.07, 6.45) is 1.96. The fourth-order valence-electron chi connectivity index (χ4n) is 3.33. The van der Waals surface area contributed by atoms with E-state index in [4.69, 9.17) is 0 Å². The van der Waals surface area contributed by atoms with E-state index in [0.29, 0.717) is 24.8 Å². The van der Waals surface area contributed by atoms with Crippen molar-refractivity contribution in [3.63, 3.8) is 0 Å². The Balaban J connectivity index is 1.85. The molecule has 24 heavy (non-hydrogen) atoms. The normalized spacial score (nSPS) is 22.4. The fraction of sp³-hybridized carbons (Fsp3) is 0.625. The fourth-order valence-corrected chi connectivity index (χ4v) is 4.44. The average Bonchev–Trinajstić information content (AvgIpc) is 2.51. The van der Waals surface area contributed by atoms with Crippen LogP contribution in [-0.2, 0) is 10.0 Å². The smallest absolute Gasteiger partial charge is 0.270 e. The van der Waals surface area contributed by atoms with Crippen molar-refractivity contribution in [1.29, 1.82) is 0 Å². The highest BCUT2D eigenvalue weighted by Gasteiger charge is 2.21. The van der Waals surface area contributed by atoms with Gasteiger partial charge in [-0.3, -0.25) is 10.1 Å². The lowest BCUT2D eigenvalue weighted by Crippen LogP contribution is -2.40. The van der Waals surface area contributed by atoms with Crippen LogP contribution in [0.3, 0.4) is 0 Å². The molecule has 0 spiro atoms. The second-order valence-corrected chi connectivity index (χ2v) is 8.48. The van der Waals surface area contributed by atoms with Crippen molar-refractivity contribution in [1.82, 2.24) is 9.62 Å². The Bertz CT molecular complexity index is 668. The lowest BCUT2D eigenvalue weighted by atomic mass is 9.92. The minimum atomic E-state index is -3.71. The summed E-state index contributed by atoms with van der Waals surface area (Å²) in [4.78, 5) is 12.5. The number of non-ortho nitro benzene ring substituents is 1. The van der Waals surface area contributed by atoms with Gasteiger partial charge in [-0.05, 0) is 37.3 Å². The maximum atomic E-state index is 12.2. The third-order valence-corrected chi connectivity index (χ3v) is 5.69. The zero-order valence-electron chi connectivity index (χ0n) is 14.1.